The second kappa shape index (κ2) is 9.01. The van der Waals surface area contributed by atoms with Crippen LogP contribution in [0.15, 0.2) is 66.3 Å². The van der Waals surface area contributed by atoms with Crippen molar-refractivity contribution in [2.24, 2.45) is 0 Å². The van der Waals surface area contributed by atoms with E-state index in [1.165, 1.54) is 18.4 Å². The van der Waals surface area contributed by atoms with Gasteiger partial charge in [-0.15, -0.1) is 11.3 Å². The summed E-state index contributed by atoms with van der Waals surface area (Å²) in [6, 6.07) is 14.4. The van der Waals surface area contributed by atoms with Crippen molar-refractivity contribution in [3.63, 3.8) is 0 Å². The second-order valence-corrected chi connectivity index (χ2v) is 7.85. The molecule has 0 saturated carbocycles. The molecule has 2 aromatic heterocycles. The number of ether oxygens (including phenoxy) is 2. The lowest BCUT2D eigenvalue weighted by Gasteiger charge is -2.19. The average Bonchev–Trinajstić information content (AvgIpc) is 3.34. The van der Waals surface area contributed by atoms with Crippen LogP contribution < -0.4 is 10.1 Å². The summed E-state index contributed by atoms with van der Waals surface area (Å²) in [6.07, 6.45) is 2.51. The largest absolute Gasteiger partial charge is 0.495 e. The Labute approximate surface area is 183 Å². The van der Waals surface area contributed by atoms with Crippen LogP contribution in [0.2, 0.25) is 0 Å². The van der Waals surface area contributed by atoms with Crippen LogP contribution in [0, 0.1) is 6.92 Å². The predicted octanol–water partition coefficient (Wildman–Crippen LogP) is 4.18. The first-order valence-corrected chi connectivity index (χ1v) is 10.5. The molecule has 0 fully saturated rings. The van der Waals surface area contributed by atoms with Gasteiger partial charge in [0.25, 0.3) is 5.91 Å². The summed E-state index contributed by atoms with van der Waals surface area (Å²) in [5.74, 6) is -0.476. The number of fused-ring (bicyclic) bond motifs is 1. The normalized spacial score (nSPS) is 11.8. The van der Waals surface area contributed by atoms with Gasteiger partial charge in [0, 0.05) is 23.3 Å². The van der Waals surface area contributed by atoms with Crippen molar-refractivity contribution in [2.45, 2.75) is 19.4 Å². The Balaban J connectivity index is 1.54. The maximum Gasteiger partial charge on any atom is 0.313 e. The van der Waals surface area contributed by atoms with E-state index in [0.717, 1.165) is 10.5 Å². The Morgan fingerprint density at radius 2 is 2.00 bits per heavy atom. The number of amides is 1. The summed E-state index contributed by atoms with van der Waals surface area (Å²) in [5, 5.41) is 4.74. The molecule has 4 rings (SSSR count). The number of anilines is 1. The summed E-state index contributed by atoms with van der Waals surface area (Å²) in [5.41, 5.74) is 2.64. The Hall–Kier alpha value is -3.65. The summed E-state index contributed by atoms with van der Waals surface area (Å²) in [4.78, 5) is 31.0. The number of nitrogens with one attached hydrogen (secondary N) is 1. The minimum atomic E-state index is -1.11. The van der Waals surface area contributed by atoms with E-state index in [4.69, 9.17) is 9.47 Å². The lowest BCUT2D eigenvalue weighted by atomic mass is 10.1. The molecular weight excluding hydrogens is 414 g/mol. The van der Waals surface area contributed by atoms with Crippen molar-refractivity contribution < 1.29 is 19.1 Å². The van der Waals surface area contributed by atoms with Crippen LogP contribution in [-0.2, 0) is 20.7 Å². The fourth-order valence-corrected chi connectivity index (χ4v) is 3.92. The van der Waals surface area contributed by atoms with Gasteiger partial charge in [0.2, 0.25) is 6.10 Å². The Bertz CT molecular complexity index is 1190. The summed E-state index contributed by atoms with van der Waals surface area (Å²) < 4.78 is 12.8. The number of imidazole rings is 1. The van der Waals surface area contributed by atoms with Crippen LogP contribution in [0.5, 0.6) is 5.75 Å². The maximum atomic E-state index is 13.1. The highest BCUT2D eigenvalue weighted by Crippen LogP contribution is 2.28. The summed E-state index contributed by atoms with van der Waals surface area (Å²) in [6.45, 7) is 1.92. The van der Waals surface area contributed by atoms with Crippen molar-refractivity contribution in [1.29, 1.82) is 0 Å². The molecule has 0 saturated heterocycles. The molecular formula is C23H21N3O4S. The highest BCUT2D eigenvalue weighted by molar-refractivity contribution is 7.15. The third-order valence-electron chi connectivity index (χ3n) is 4.67. The van der Waals surface area contributed by atoms with Gasteiger partial charge in [0.05, 0.1) is 24.9 Å². The lowest BCUT2D eigenvalue weighted by Crippen LogP contribution is -2.26. The fourth-order valence-electron chi connectivity index (χ4n) is 3.20. The van der Waals surface area contributed by atoms with E-state index in [0.29, 0.717) is 22.7 Å². The Kier molecular flexibility index (Phi) is 5.99. The average molecular weight is 436 g/mol. The molecule has 0 aliphatic rings. The van der Waals surface area contributed by atoms with E-state index in [1.54, 1.807) is 42.6 Å². The molecule has 8 heteroatoms. The van der Waals surface area contributed by atoms with Crippen LogP contribution in [0.4, 0.5) is 5.69 Å². The van der Waals surface area contributed by atoms with Crippen molar-refractivity contribution in [1.82, 2.24) is 9.38 Å². The van der Waals surface area contributed by atoms with Crippen LogP contribution in [0.3, 0.4) is 0 Å². The standard InChI is InChI=1S/C23H21N3O4S/c1-15-8-9-19(29-2)18(12-15)25-22(28)21(16-6-4-3-5-7-16)30-20(27)13-17-14-26-10-11-31-23(26)24-17/h3-12,14,21H,13H2,1-2H3,(H,25,28)/t21-/m0/s1. The van der Waals surface area contributed by atoms with Gasteiger partial charge < -0.3 is 14.8 Å². The third kappa shape index (κ3) is 4.75. The fraction of sp³-hybridized carbons (Fsp3) is 0.174. The second-order valence-electron chi connectivity index (χ2n) is 6.98. The summed E-state index contributed by atoms with van der Waals surface area (Å²) in [7, 11) is 1.53. The number of nitrogens with zero attached hydrogens (tertiary/aromatic N) is 2. The number of methoxy groups -OCH3 is 1. The van der Waals surface area contributed by atoms with Gasteiger partial charge in [-0.05, 0) is 24.6 Å². The number of hydrogen-bond acceptors (Lipinski definition) is 6. The van der Waals surface area contributed by atoms with Crippen molar-refractivity contribution in [2.75, 3.05) is 12.4 Å². The molecule has 0 aliphatic heterocycles. The van der Waals surface area contributed by atoms with E-state index in [9.17, 15) is 9.59 Å². The Morgan fingerprint density at radius 1 is 1.19 bits per heavy atom. The lowest BCUT2D eigenvalue weighted by molar-refractivity contribution is -0.154. The van der Waals surface area contributed by atoms with Crippen molar-refractivity contribution >= 4 is 33.9 Å². The van der Waals surface area contributed by atoms with Crippen LogP contribution in [-0.4, -0.2) is 28.4 Å². The molecule has 1 amide bonds. The molecule has 158 valence electrons. The van der Waals surface area contributed by atoms with Gasteiger partial charge in [0.15, 0.2) is 4.96 Å². The molecule has 0 spiro atoms. The first kappa shape index (κ1) is 20.6. The number of benzene rings is 2. The van der Waals surface area contributed by atoms with Gasteiger partial charge in [-0.2, -0.15) is 0 Å². The molecule has 2 heterocycles. The van der Waals surface area contributed by atoms with Gasteiger partial charge in [-0.25, -0.2) is 4.98 Å². The van der Waals surface area contributed by atoms with Gasteiger partial charge in [0.1, 0.15) is 5.75 Å². The van der Waals surface area contributed by atoms with E-state index in [-0.39, 0.29) is 6.42 Å². The van der Waals surface area contributed by atoms with E-state index in [1.807, 2.05) is 35.0 Å². The van der Waals surface area contributed by atoms with Crippen LogP contribution >= 0.6 is 11.3 Å². The highest BCUT2D eigenvalue weighted by Gasteiger charge is 2.26. The number of hydrogen-bond donors (Lipinski definition) is 1. The Morgan fingerprint density at radius 3 is 2.74 bits per heavy atom. The van der Waals surface area contributed by atoms with Crippen LogP contribution in [0.25, 0.3) is 4.96 Å². The minimum absolute atomic E-state index is 0.0290. The molecule has 0 bridgehead atoms. The number of aromatic nitrogens is 2. The third-order valence-corrected chi connectivity index (χ3v) is 5.44. The number of aryl methyl sites for hydroxylation is 1. The van der Waals surface area contributed by atoms with Crippen molar-refractivity contribution in [3.8, 4) is 5.75 Å². The number of rotatable bonds is 7. The first-order chi connectivity index (χ1) is 15.0. The molecule has 0 aliphatic carbocycles. The number of carbonyl (C=O) groups is 2. The van der Waals surface area contributed by atoms with Gasteiger partial charge >= 0.3 is 5.97 Å². The molecule has 7 nitrogen and oxygen atoms in total. The smallest absolute Gasteiger partial charge is 0.313 e. The first-order valence-electron chi connectivity index (χ1n) is 9.64. The highest BCUT2D eigenvalue weighted by atomic mass is 32.1. The van der Waals surface area contributed by atoms with Gasteiger partial charge in [-0.3, -0.25) is 14.0 Å². The molecule has 2 aromatic carbocycles. The topological polar surface area (TPSA) is 81.9 Å². The quantitative estimate of drug-likeness (QED) is 0.441. The SMILES string of the molecule is COc1ccc(C)cc1NC(=O)[C@@H](OC(=O)Cc1cn2ccsc2n1)c1ccccc1. The number of carbonyl (C=O) groups excluding carboxylic acids is 2. The predicted molar refractivity (Wildman–Crippen MR) is 118 cm³/mol. The zero-order valence-electron chi connectivity index (χ0n) is 17.1. The summed E-state index contributed by atoms with van der Waals surface area (Å²) >= 11 is 1.48. The minimum Gasteiger partial charge on any atom is -0.495 e. The monoisotopic (exact) mass is 435 g/mol. The molecule has 0 unspecified atom stereocenters. The number of thiazole rings is 1. The molecule has 1 N–H and O–H groups in total. The molecule has 1 atom stereocenters. The number of esters is 1. The van der Waals surface area contributed by atoms with Crippen LogP contribution in [0.1, 0.15) is 22.9 Å². The van der Waals surface area contributed by atoms with E-state index in [2.05, 4.69) is 10.3 Å². The maximum absolute atomic E-state index is 13.1. The van der Waals surface area contributed by atoms with E-state index >= 15 is 0 Å². The van der Waals surface area contributed by atoms with Crippen molar-refractivity contribution in [3.05, 3.63) is 83.1 Å². The zero-order valence-corrected chi connectivity index (χ0v) is 17.9. The van der Waals surface area contributed by atoms with Gasteiger partial charge in [-0.1, -0.05) is 36.4 Å². The zero-order chi connectivity index (χ0) is 21.8. The molecule has 0 radical (unpaired) electrons. The molecule has 31 heavy (non-hydrogen) atoms. The molecule has 4 aromatic rings. The van der Waals surface area contributed by atoms with E-state index < -0.39 is 18.0 Å².